The molecular weight excluding hydrogens is 368 g/mol. The minimum Gasteiger partial charge on any atom is -0.448 e. The van der Waals surface area contributed by atoms with Gasteiger partial charge < -0.3 is 14.8 Å². The minimum atomic E-state index is -0.810. The standard InChI is InChI=1S/C23H26N2O4/c1-16-6-8-17(9-7-16)20(15-25-10-12-28-13-11-25)24-22(26)21-14-18-4-2-3-5-19(18)23(27)29-21/h2-9,20-21H,10-15H2,1H3,(H,24,26). The van der Waals surface area contributed by atoms with Crippen molar-refractivity contribution in [3.63, 3.8) is 0 Å². The molecule has 1 fully saturated rings. The molecule has 2 aromatic carbocycles. The fraction of sp³-hybridized carbons (Fsp3) is 0.391. The van der Waals surface area contributed by atoms with Gasteiger partial charge in [0.1, 0.15) is 0 Å². The molecule has 0 aliphatic carbocycles. The molecule has 2 unspecified atom stereocenters. The van der Waals surface area contributed by atoms with E-state index in [9.17, 15) is 9.59 Å². The lowest BCUT2D eigenvalue weighted by Crippen LogP contribution is -2.47. The predicted octanol–water partition coefficient (Wildman–Crippen LogP) is 2.27. The summed E-state index contributed by atoms with van der Waals surface area (Å²) in [5.41, 5.74) is 3.60. The van der Waals surface area contributed by atoms with Gasteiger partial charge in [-0.1, -0.05) is 48.0 Å². The molecule has 152 valence electrons. The number of nitrogens with one attached hydrogen (secondary N) is 1. The van der Waals surface area contributed by atoms with E-state index in [1.165, 1.54) is 5.56 Å². The zero-order chi connectivity index (χ0) is 20.2. The second-order valence-corrected chi connectivity index (χ2v) is 7.64. The summed E-state index contributed by atoms with van der Waals surface area (Å²) in [6.45, 7) is 5.80. The number of fused-ring (bicyclic) bond motifs is 1. The maximum absolute atomic E-state index is 13.0. The average Bonchev–Trinajstić information content (AvgIpc) is 2.74. The largest absolute Gasteiger partial charge is 0.448 e. The van der Waals surface area contributed by atoms with Crippen LogP contribution in [0.3, 0.4) is 0 Å². The Hall–Kier alpha value is -2.70. The van der Waals surface area contributed by atoms with Crippen LogP contribution in [0.4, 0.5) is 0 Å². The number of ether oxygens (including phenoxy) is 2. The third-order valence-electron chi connectivity index (χ3n) is 5.53. The van der Waals surface area contributed by atoms with Crippen molar-refractivity contribution in [1.82, 2.24) is 10.2 Å². The van der Waals surface area contributed by atoms with Crippen molar-refractivity contribution in [1.29, 1.82) is 0 Å². The summed E-state index contributed by atoms with van der Waals surface area (Å²) < 4.78 is 10.9. The van der Waals surface area contributed by atoms with Gasteiger partial charge in [0.05, 0.1) is 24.8 Å². The van der Waals surface area contributed by atoms with E-state index in [0.717, 1.165) is 24.2 Å². The zero-order valence-corrected chi connectivity index (χ0v) is 16.6. The Morgan fingerprint density at radius 1 is 1.14 bits per heavy atom. The summed E-state index contributed by atoms with van der Waals surface area (Å²) >= 11 is 0. The Morgan fingerprint density at radius 3 is 2.62 bits per heavy atom. The molecule has 2 aliphatic rings. The van der Waals surface area contributed by atoms with Crippen LogP contribution in [0.1, 0.15) is 33.1 Å². The van der Waals surface area contributed by atoms with Gasteiger partial charge in [0.25, 0.3) is 5.91 Å². The molecule has 6 heteroatoms. The number of carbonyl (C=O) groups is 2. The number of esters is 1. The van der Waals surface area contributed by atoms with Gasteiger partial charge in [-0.15, -0.1) is 0 Å². The molecule has 2 aliphatic heterocycles. The first-order valence-corrected chi connectivity index (χ1v) is 10.1. The molecule has 2 heterocycles. The smallest absolute Gasteiger partial charge is 0.339 e. The summed E-state index contributed by atoms with van der Waals surface area (Å²) in [6.07, 6.45) is -0.415. The Balaban J connectivity index is 1.50. The normalized spacial score (nSPS) is 20.4. The van der Waals surface area contributed by atoms with Crippen molar-refractivity contribution in [2.45, 2.75) is 25.5 Å². The first-order valence-electron chi connectivity index (χ1n) is 10.1. The maximum atomic E-state index is 13.0. The van der Waals surface area contributed by atoms with Crippen LogP contribution in [-0.4, -0.2) is 55.7 Å². The van der Waals surface area contributed by atoms with E-state index in [2.05, 4.69) is 10.2 Å². The number of amides is 1. The Labute approximate surface area is 170 Å². The fourth-order valence-corrected chi connectivity index (χ4v) is 3.82. The van der Waals surface area contributed by atoms with Crippen LogP contribution in [0, 0.1) is 6.92 Å². The van der Waals surface area contributed by atoms with E-state index in [0.29, 0.717) is 31.7 Å². The summed E-state index contributed by atoms with van der Waals surface area (Å²) in [5.74, 6) is -0.696. The van der Waals surface area contributed by atoms with Gasteiger partial charge >= 0.3 is 5.97 Å². The number of hydrogen-bond acceptors (Lipinski definition) is 5. The number of hydrogen-bond donors (Lipinski definition) is 1. The summed E-state index contributed by atoms with van der Waals surface area (Å²) in [7, 11) is 0. The van der Waals surface area contributed by atoms with Gasteiger partial charge in [0.15, 0.2) is 6.10 Å². The van der Waals surface area contributed by atoms with Gasteiger partial charge in [-0.05, 0) is 24.1 Å². The van der Waals surface area contributed by atoms with Gasteiger partial charge in [0, 0.05) is 26.1 Å². The molecule has 2 atom stereocenters. The maximum Gasteiger partial charge on any atom is 0.339 e. The molecule has 0 spiro atoms. The molecule has 2 aromatic rings. The van der Waals surface area contributed by atoms with Crippen LogP contribution in [0.5, 0.6) is 0 Å². The Bertz CT molecular complexity index is 875. The molecule has 0 aromatic heterocycles. The van der Waals surface area contributed by atoms with E-state index in [-0.39, 0.29) is 11.9 Å². The third-order valence-corrected chi connectivity index (χ3v) is 5.53. The highest BCUT2D eigenvalue weighted by molar-refractivity contribution is 5.95. The lowest BCUT2D eigenvalue weighted by molar-refractivity contribution is -0.131. The van der Waals surface area contributed by atoms with Gasteiger partial charge in [-0.25, -0.2) is 4.79 Å². The lowest BCUT2D eigenvalue weighted by atomic mass is 9.97. The Morgan fingerprint density at radius 2 is 1.86 bits per heavy atom. The fourth-order valence-electron chi connectivity index (χ4n) is 3.82. The van der Waals surface area contributed by atoms with Crippen LogP contribution in [-0.2, 0) is 20.7 Å². The van der Waals surface area contributed by atoms with Gasteiger partial charge in [-0.3, -0.25) is 9.69 Å². The molecule has 1 N–H and O–H groups in total. The predicted molar refractivity (Wildman–Crippen MR) is 109 cm³/mol. The molecule has 1 amide bonds. The zero-order valence-electron chi connectivity index (χ0n) is 16.6. The van der Waals surface area contributed by atoms with Crippen molar-refractivity contribution in [2.24, 2.45) is 0 Å². The highest BCUT2D eigenvalue weighted by Crippen LogP contribution is 2.22. The van der Waals surface area contributed by atoms with E-state index in [1.807, 2.05) is 43.3 Å². The summed E-state index contributed by atoms with van der Waals surface area (Å²) in [6, 6.07) is 15.3. The van der Waals surface area contributed by atoms with E-state index in [4.69, 9.17) is 9.47 Å². The van der Waals surface area contributed by atoms with Crippen LogP contribution in [0.15, 0.2) is 48.5 Å². The number of carbonyl (C=O) groups excluding carboxylic acids is 2. The number of benzene rings is 2. The Kier molecular flexibility index (Phi) is 5.92. The number of rotatable bonds is 5. The SMILES string of the molecule is Cc1ccc(C(CN2CCOCC2)NC(=O)C2Cc3ccccc3C(=O)O2)cc1. The van der Waals surface area contributed by atoms with Crippen molar-refractivity contribution in [2.75, 3.05) is 32.8 Å². The minimum absolute atomic E-state index is 0.183. The quantitative estimate of drug-likeness (QED) is 0.788. The molecule has 0 saturated carbocycles. The average molecular weight is 394 g/mol. The lowest BCUT2D eigenvalue weighted by Gasteiger charge is -2.32. The highest BCUT2D eigenvalue weighted by Gasteiger charge is 2.32. The van der Waals surface area contributed by atoms with Crippen LogP contribution >= 0.6 is 0 Å². The summed E-state index contributed by atoms with van der Waals surface area (Å²) in [4.78, 5) is 27.6. The van der Waals surface area contributed by atoms with E-state index in [1.54, 1.807) is 12.1 Å². The van der Waals surface area contributed by atoms with Crippen molar-refractivity contribution >= 4 is 11.9 Å². The van der Waals surface area contributed by atoms with Gasteiger partial charge in [0.2, 0.25) is 0 Å². The molecule has 1 saturated heterocycles. The monoisotopic (exact) mass is 394 g/mol. The highest BCUT2D eigenvalue weighted by atomic mass is 16.5. The molecule has 6 nitrogen and oxygen atoms in total. The molecule has 0 bridgehead atoms. The number of morpholine rings is 1. The summed E-state index contributed by atoms with van der Waals surface area (Å²) in [5, 5.41) is 3.12. The molecule has 4 rings (SSSR count). The van der Waals surface area contributed by atoms with Crippen LogP contribution in [0.25, 0.3) is 0 Å². The van der Waals surface area contributed by atoms with Crippen LogP contribution in [0.2, 0.25) is 0 Å². The van der Waals surface area contributed by atoms with Gasteiger partial charge in [-0.2, -0.15) is 0 Å². The molecular formula is C23H26N2O4. The number of cyclic esters (lactones) is 1. The number of nitrogens with zero attached hydrogens (tertiary/aromatic N) is 1. The second kappa shape index (κ2) is 8.76. The topological polar surface area (TPSA) is 67.9 Å². The second-order valence-electron chi connectivity index (χ2n) is 7.64. The van der Waals surface area contributed by atoms with Crippen molar-refractivity contribution < 1.29 is 19.1 Å². The van der Waals surface area contributed by atoms with E-state index >= 15 is 0 Å². The molecule has 29 heavy (non-hydrogen) atoms. The molecule has 0 radical (unpaired) electrons. The van der Waals surface area contributed by atoms with Crippen molar-refractivity contribution in [3.05, 3.63) is 70.8 Å². The first kappa shape index (κ1) is 19.6. The van der Waals surface area contributed by atoms with Crippen molar-refractivity contribution in [3.8, 4) is 0 Å². The third kappa shape index (κ3) is 4.66. The number of aryl methyl sites for hydroxylation is 1. The first-order chi connectivity index (χ1) is 14.1. The van der Waals surface area contributed by atoms with Crippen LogP contribution < -0.4 is 5.32 Å². The van der Waals surface area contributed by atoms with E-state index < -0.39 is 12.1 Å².